The molecule has 1 heterocycles. The van der Waals surface area contributed by atoms with Crippen molar-refractivity contribution in [3.05, 3.63) is 74.3 Å². The van der Waals surface area contributed by atoms with E-state index in [1.54, 1.807) is 6.07 Å². The van der Waals surface area contributed by atoms with Gasteiger partial charge in [-0.25, -0.2) is 0 Å². The fraction of sp³-hybridized carbons (Fsp3) is 0. The molecule has 0 aliphatic rings. The van der Waals surface area contributed by atoms with E-state index in [1.165, 1.54) is 0 Å². The highest BCUT2D eigenvalue weighted by Gasteiger charge is 2.13. The van der Waals surface area contributed by atoms with Crippen molar-refractivity contribution in [1.82, 2.24) is 4.57 Å². The zero-order chi connectivity index (χ0) is 15.1. The van der Waals surface area contributed by atoms with Crippen LogP contribution in [0.3, 0.4) is 0 Å². The Balaban J connectivity index is 2.15. The minimum absolute atomic E-state index is 0.344. The summed E-state index contributed by atoms with van der Waals surface area (Å²) in [6, 6.07) is 11.6. The third-order valence-electron chi connectivity index (χ3n) is 3.29. The molecule has 0 bridgehead atoms. The highest BCUT2D eigenvalue weighted by Crippen LogP contribution is 2.36. The van der Waals surface area contributed by atoms with Crippen LogP contribution in [0.1, 0.15) is 5.56 Å². The van der Waals surface area contributed by atoms with Crippen LogP contribution in [-0.4, -0.2) is 4.57 Å². The van der Waals surface area contributed by atoms with Gasteiger partial charge in [0.1, 0.15) is 0 Å². The number of nitrogens with zero attached hydrogens (tertiary/aromatic N) is 1. The van der Waals surface area contributed by atoms with Gasteiger partial charge in [0.05, 0.1) is 20.6 Å². The predicted octanol–water partition coefficient (Wildman–Crippen LogP) is 6.88. The number of halogens is 4. The Bertz CT molecular complexity index is 867. The van der Waals surface area contributed by atoms with Crippen LogP contribution in [-0.2, 0) is 0 Å². The Morgan fingerprint density at radius 2 is 1.76 bits per heavy atom. The van der Waals surface area contributed by atoms with E-state index in [-0.39, 0.29) is 0 Å². The highest BCUT2D eigenvalue weighted by atomic mass is 79.9. The lowest BCUT2D eigenvalue weighted by molar-refractivity contribution is 1.17. The number of fused-ring (bicyclic) bond motifs is 1. The van der Waals surface area contributed by atoms with Crippen molar-refractivity contribution in [2.24, 2.45) is 0 Å². The lowest BCUT2D eigenvalue weighted by Gasteiger charge is -2.13. The van der Waals surface area contributed by atoms with Crippen LogP contribution >= 0.6 is 50.7 Å². The van der Waals surface area contributed by atoms with Crippen molar-refractivity contribution in [2.45, 2.75) is 0 Å². The summed E-state index contributed by atoms with van der Waals surface area (Å²) in [5.41, 5.74) is 2.55. The van der Waals surface area contributed by atoms with E-state index < -0.39 is 0 Å². The number of benzene rings is 2. The van der Waals surface area contributed by atoms with Gasteiger partial charge in [-0.05, 0) is 36.4 Å². The van der Waals surface area contributed by atoms with Crippen molar-refractivity contribution in [3.63, 3.8) is 0 Å². The van der Waals surface area contributed by atoms with Crippen LogP contribution in [0.15, 0.2) is 53.6 Å². The molecule has 1 aromatic heterocycles. The summed E-state index contributed by atoms with van der Waals surface area (Å²) >= 11 is 21.8. The van der Waals surface area contributed by atoms with Gasteiger partial charge in [0.2, 0.25) is 0 Å². The Morgan fingerprint density at radius 3 is 2.52 bits per heavy atom. The molecule has 0 aliphatic heterocycles. The SMILES string of the molecule is C=C(c1ccc(Cl)c(Cl)c1Cl)n1ccc2cc(Br)ccc21. The topological polar surface area (TPSA) is 4.93 Å². The van der Waals surface area contributed by atoms with Crippen LogP contribution < -0.4 is 0 Å². The molecule has 0 spiro atoms. The van der Waals surface area contributed by atoms with Crippen LogP contribution in [0, 0.1) is 0 Å². The van der Waals surface area contributed by atoms with E-state index >= 15 is 0 Å². The first-order chi connectivity index (χ1) is 9.99. The van der Waals surface area contributed by atoms with E-state index in [1.807, 2.05) is 35.0 Å². The van der Waals surface area contributed by atoms with E-state index in [9.17, 15) is 0 Å². The van der Waals surface area contributed by atoms with Gasteiger partial charge in [-0.3, -0.25) is 0 Å². The largest absolute Gasteiger partial charge is 0.317 e. The zero-order valence-corrected chi connectivity index (χ0v) is 14.6. The van der Waals surface area contributed by atoms with Gasteiger partial charge in [0.15, 0.2) is 0 Å². The first-order valence-corrected chi connectivity index (χ1v) is 8.01. The second-order valence-corrected chi connectivity index (χ2v) is 6.64. The average molecular weight is 402 g/mol. The van der Waals surface area contributed by atoms with Crippen molar-refractivity contribution in [2.75, 3.05) is 0 Å². The monoisotopic (exact) mass is 399 g/mol. The van der Waals surface area contributed by atoms with E-state index in [0.29, 0.717) is 15.1 Å². The van der Waals surface area contributed by atoms with Gasteiger partial charge in [-0.15, -0.1) is 0 Å². The van der Waals surface area contributed by atoms with Crippen LogP contribution in [0.5, 0.6) is 0 Å². The molecule has 0 saturated carbocycles. The van der Waals surface area contributed by atoms with Gasteiger partial charge < -0.3 is 4.57 Å². The molecule has 0 unspecified atom stereocenters. The Kier molecular flexibility index (Phi) is 4.06. The maximum atomic E-state index is 6.29. The molecular formula is C16H9BrCl3N. The molecule has 1 nitrogen and oxygen atoms in total. The summed E-state index contributed by atoms with van der Waals surface area (Å²) in [4.78, 5) is 0. The van der Waals surface area contributed by atoms with Crippen molar-refractivity contribution < 1.29 is 0 Å². The first-order valence-electron chi connectivity index (χ1n) is 6.09. The number of rotatable bonds is 2. The molecule has 21 heavy (non-hydrogen) atoms. The molecule has 5 heteroatoms. The van der Waals surface area contributed by atoms with Gasteiger partial charge >= 0.3 is 0 Å². The lowest BCUT2D eigenvalue weighted by atomic mass is 10.1. The molecule has 3 aromatic rings. The summed E-state index contributed by atoms with van der Waals surface area (Å²) in [7, 11) is 0. The van der Waals surface area contributed by atoms with E-state index in [0.717, 1.165) is 26.6 Å². The molecule has 106 valence electrons. The summed E-state index contributed by atoms with van der Waals surface area (Å²) in [6.45, 7) is 4.14. The smallest absolute Gasteiger partial charge is 0.0785 e. The minimum atomic E-state index is 0.344. The third kappa shape index (κ3) is 2.62. The van der Waals surface area contributed by atoms with E-state index in [4.69, 9.17) is 34.8 Å². The molecule has 0 N–H and O–H groups in total. The molecule has 0 fully saturated rings. The average Bonchev–Trinajstić information content (AvgIpc) is 2.87. The van der Waals surface area contributed by atoms with Crippen molar-refractivity contribution in [1.29, 1.82) is 0 Å². The summed E-state index contributed by atoms with van der Waals surface area (Å²) in [5.74, 6) is 0. The van der Waals surface area contributed by atoms with Gasteiger partial charge in [-0.1, -0.05) is 57.3 Å². The fourth-order valence-electron chi connectivity index (χ4n) is 2.23. The molecule has 3 rings (SSSR count). The van der Waals surface area contributed by atoms with Gasteiger partial charge in [0, 0.05) is 27.3 Å². The van der Waals surface area contributed by atoms with Gasteiger partial charge in [0.25, 0.3) is 0 Å². The summed E-state index contributed by atoms with van der Waals surface area (Å²) < 4.78 is 3.01. The first kappa shape index (κ1) is 15.0. The maximum Gasteiger partial charge on any atom is 0.0785 e. The number of hydrogen-bond donors (Lipinski definition) is 0. The Morgan fingerprint density at radius 1 is 1.00 bits per heavy atom. The molecule has 0 amide bonds. The quantitative estimate of drug-likeness (QED) is 0.412. The molecule has 0 atom stereocenters. The standard InChI is InChI=1S/C16H9BrCl3N/c1-9(12-3-4-13(18)16(20)15(12)19)21-7-6-10-8-11(17)2-5-14(10)21/h2-8H,1H2. The molecule has 0 aliphatic carbocycles. The van der Waals surface area contributed by atoms with Crippen LogP contribution in [0.25, 0.3) is 16.6 Å². The molecular weight excluding hydrogens is 392 g/mol. The molecule has 2 aromatic carbocycles. The lowest BCUT2D eigenvalue weighted by Crippen LogP contribution is -1.97. The summed E-state index contributed by atoms with van der Waals surface area (Å²) in [6.07, 6.45) is 1.96. The van der Waals surface area contributed by atoms with Crippen molar-refractivity contribution >= 4 is 67.3 Å². The van der Waals surface area contributed by atoms with Crippen LogP contribution in [0.4, 0.5) is 0 Å². The third-order valence-corrected chi connectivity index (χ3v) is 5.08. The van der Waals surface area contributed by atoms with Crippen molar-refractivity contribution in [3.8, 4) is 0 Å². The minimum Gasteiger partial charge on any atom is -0.317 e. The number of aromatic nitrogens is 1. The van der Waals surface area contributed by atoms with Gasteiger partial charge in [-0.2, -0.15) is 0 Å². The number of hydrogen-bond acceptors (Lipinski definition) is 0. The molecule has 0 radical (unpaired) electrons. The Hall–Kier alpha value is -0.930. The maximum absolute atomic E-state index is 6.29. The normalized spacial score (nSPS) is 11.0. The second-order valence-electron chi connectivity index (χ2n) is 4.56. The zero-order valence-electron chi connectivity index (χ0n) is 10.7. The second kappa shape index (κ2) is 5.69. The fourth-order valence-corrected chi connectivity index (χ4v) is 3.25. The van der Waals surface area contributed by atoms with E-state index in [2.05, 4.69) is 28.6 Å². The Labute approximate surface area is 145 Å². The summed E-state index contributed by atoms with van der Waals surface area (Å²) in [5, 5.41) is 2.30. The van der Waals surface area contributed by atoms with Crippen LogP contribution in [0.2, 0.25) is 15.1 Å². The highest BCUT2D eigenvalue weighted by molar-refractivity contribution is 9.10. The predicted molar refractivity (Wildman–Crippen MR) is 95.5 cm³/mol. The molecule has 0 saturated heterocycles.